The molecular formula is C17H24N2O2. The number of rotatable bonds is 4. The molecule has 2 aliphatic rings. The minimum absolute atomic E-state index is 0.0979. The number of benzene rings is 1. The van der Waals surface area contributed by atoms with Crippen molar-refractivity contribution >= 4 is 5.91 Å². The summed E-state index contributed by atoms with van der Waals surface area (Å²) in [6.45, 7) is 3.64. The second-order valence-corrected chi connectivity index (χ2v) is 5.95. The Balaban J connectivity index is 1.71. The van der Waals surface area contributed by atoms with Crippen molar-refractivity contribution in [2.45, 2.75) is 50.9 Å². The number of carbonyl (C=O) groups excluding carboxylic acids is 1. The van der Waals surface area contributed by atoms with E-state index in [1.807, 2.05) is 23.1 Å². The first-order valence-corrected chi connectivity index (χ1v) is 7.99. The number of nitrogens with one attached hydrogen (secondary N) is 1. The summed E-state index contributed by atoms with van der Waals surface area (Å²) in [5.74, 6) is 0.237. The number of hydrogen-bond acceptors (Lipinski definition) is 3. The molecule has 114 valence electrons. The predicted molar refractivity (Wildman–Crippen MR) is 81.8 cm³/mol. The molecule has 0 spiro atoms. The number of ether oxygens (including phenoxy) is 1. The van der Waals surface area contributed by atoms with Crippen LogP contribution in [0, 0.1) is 0 Å². The van der Waals surface area contributed by atoms with E-state index in [4.69, 9.17) is 4.74 Å². The van der Waals surface area contributed by atoms with E-state index in [0.29, 0.717) is 6.61 Å². The van der Waals surface area contributed by atoms with E-state index in [1.165, 1.54) is 5.56 Å². The first-order chi connectivity index (χ1) is 10.3. The molecule has 1 amide bonds. The van der Waals surface area contributed by atoms with Crippen molar-refractivity contribution in [2.24, 2.45) is 0 Å². The van der Waals surface area contributed by atoms with E-state index < -0.39 is 0 Å². The van der Waals surface area contributed by atoms with Gasteiger partial charge < -0.3 is 9.64 Å². The maximum atomic E-state index is 12.8. The maximum absolute atomic E-state index is 12.8. The van der Waals surface area contributed by atoms with Crippen LogP contribution in [0.1, 0.15) is 31.7 Å². The number of hydrogen-bond donors (Lipinski definition) is 1. The third-order valence-electron chi connectivity index (χ3n) is 4.48. The van der Waals surface area contributed by atoms with Crippen molar-refractivity contribution in [1.29, 1.82) is 0 Å². The lowest BCUT2D eigenvalue weighted by molar-refractivity contribution is -0.135. The quantitative estimate of drug-likeness (QED) is 0.920. The lowest BCUT2D eigenvalue weighted by Crippen LogP contribution is -2.48. The van der Waals surface area contributed by atoms with Gasteiger partial charge in [0.2, 0.25) is 5.91 Å². The molecular weight excluding hydrogens is 264 g/mol. The Labute approximate surface area is 126 Å². The molecule has 4 nitrogen and oxygen atoms in total. The van der Waals surface area contributed by atoms with Crippen LogP contribution in [-0.2, 0) is 16.0 Å². The summed E-state index contributed by atoms with van der Waals surface area (Å²) in [6.07, 6.45) is 3.96. The van der Waals surface area contributed by atoms with Gasteiger partial charge in [0.05, 0.1) is 24.9 Å². The van der Waals surface area contributed by atoms with Crippen molar-refractivity contribution in [3.05, 3.63) is 35.9 Å². The van der Waals surface area contributed by atoms with Gasteiger partial charge in [-0.1, -0.05) is 37.3 Å². The fraction of sp³-hybridized carbons (Fsp3) is 0.588. The Morgan fingerprint density at radius 2 is 2.14 bits per heavy atom. The molecule has 2 saturated heterocycles. The molecule has 2 fully saturated rings. The van der Waals surface area contributed by atoms with E-state index in [2.05, 4.69) is 24.4 Å². The van der Waals surface area contributed by atoms with Gasteiger partial charge in [0.15, 0.2) is 0 Å². The molecule has 0 saturated carbocycles. The summed E-state index contributed by atoms with van der Waals surface area (Å²) in [6, 6.07) is 10.4. The molecule has 4 heteroatoms. The third-order valence-corrected chi connectivity index (χ3v) is 4.48. The van der Waals surface area contributed by atoms with Gasteiger partial charge in [-0.05, 0) is 31.2 Å². The van der Waals surface area contributed by atoms with Crippen LogP contribution in [0.25, 0.3) is 0 Å². The fourth-order valence-corrected chi connectivity index (χ4v) is 3.41. The second kappa shape index (κ2) is 6.58. The zero-order chi connectivity index (χ0) is 14.7. The molecule has 1 N–H and O–H groups in total. The molecule has 2 heterocycles. The van der Waals surface area contributed by atoms with E-state index in [1.54, 1.807) is 0 Å². The Morgan fingerprint density at radius 1 is 1.33 bits per heavy atom. The molecule has 0 bridgehead atoms. The molecule has 0 aromatic heterocycles. The average Bonchev–Trinajstić information content (AvgIpc) is 2.85. The topological polar surface area (TPSA) is 41.6 Å². The normalized spacial score (nSPS) is 29.9. The van der Waals surface area contributed by atoms with Gasteiger partial charge in [-0.2, -0.15) is 0 Å². The van der Waals surface area contributed by atoms with Gasteiger partial charge in [0.1, 0.15) is 0 Å². The highest BCUT2D eigenvalue weighted by Crippen LogP contribution is 2.24. The Morgan fingerprint density at radius 3 is 2.81 bits per heavy atom. The number of carbonyl (C=O) groups is 1. The SMILES string of the molecule is CCC1NC(Cc2ccccc2)C(=O)N1C1CCCOC1. The fourth-order valence-electron chi connectivity index (χ4n) is 3.41. The van der Waals surface area contributed by atoms with Gasteiger partial charge in [0, 0.05) is 6.61 Å². The minimum Gasteiger partial charge on any atom is -0.379 e. The molecule has 0 aliphatic carbocycles. The Bertz CT molecular complexity index is 471. The molecule has 3 unspecified atom stereocenters. The van der Waals surface area contributed by atoms with E-state index >= 15 is 0 Å². The highest BCUT2D eigenvalue weighted by atomic mass is 16.5. The lowest BCUT2D eigenvalue weighted by atomic mass is 10.0. The summed E-state index contributed by atoms with van der Waals surface area (Å²) in [5, 5.41) is 3.51. The van der Waals surface area contributed by atoms with Crippen LogP contribution in [0.5, 0.6) is 0 Å². The first kappa shape index (κ1) is 14.5. The summed E-state index contributed by atoms with van der Waals surface area (Å²) in [4.78, 5) is 14.8. The summed E-state index contributed by atoms with van der Waals surface area (Å²) in [7, 11) is 0. The Kier molecular flexibility index (Phi) is 4.56. The van der Waals surface area contributed by atoms with E-state index in [0.717, 1.165) is 32.3 Å². The zero-order valence-corrected chi connectivity index (χ0v) is 12.6. The van der Waals surface area contributed by atoms with Gasteiger partial charge >= 0.3 is 0 Å². The number of amides is 1. The van der Waals surface area contributed by atoms with Crippen LogP contribution in [-0.4, -0.2) is 42.3 Å². The smallest absolute Gasteiger partial charge is 0.241 e. The van der Waals surface area contributed by atoms with Crippen LogP contribution < -0.4 is 5.32 Å². The van der Waals surface area contributed by atoms with Crippen molar-refractivity contribution in [3.8, 4) is 0 Å². The number of nitrogens with zero attached hydrogens (tertiary/aromatic N) is 1. The standard InChI is InChI=1S/C17H24N2O2/c1-2-16-18-15(11-13-7-4-3-5-8-13)17(20)19(16)14-9-6-10-21-12-14/h3-5,7-8,14-16,18H,2,6,9-12H2,1H3. The molecule has 2 aliphatic heterocycles. The average molecular weight is 288 g/mol. The van der Waals surface area contributed by atoms with Gasteiger partial charge in [-0.3, -0.25) is 10.1 Å². The van der Waals surface area contributed by atoms with E-state index in [-0.39, 0.29) is 24.2 Å². The van der Waals surface area contributed by atoms with Crippen molar-refractivity contribution in [3.63, 3.8) is 0 Å². The zero-order valence-electron chi connectivity index (χ0n) is 12.6. The van der Waals surface area contributed by atoms with Crippen molar-refractivity contribution in [1.82, 2.24) is 10.2 Å². The van der Waals surface area contributed by atoms with Crippen LogP contribution >= 0.6 is 0 Å². The summed E-state index contributed by atoms with van der Waals surface area (Å²) < 4.78 is 5.57. The van der Waals surface area contributed by atoms with Gasteiger partial charge in [-0.25, -0.2) is 0 Å². The first-order valence-electron chi connectivity index (χ1n) is 7.99. The second-order valence-electron chi connectivity index (χ2n) is 5.95. The molecule has 3 rings (SSSR count). The predicted octanol–water partition coefficient (Wildman–Crippen LogP) is 1.94. The summed E-state index contributed by atoms with van der Waals surface area (Å²) >= 11 is 0. The van der Waals surface area contributed by atoms with E-state index in [9.17, 15) is 4.79 Å². The van der Waals surface area contributed by atoms with Crippen LogP contribution in [0.3, 0.4) is 0 Å². The van der Waals surface area contributed by atoms with Crippen molar-refractivity contribution in [2.75, 3.05) is 13.2 Å². The van der Waals surface area contributed by atoms with Gasteiger partial charge in [0.25, 0.3) is 0 Å². The molecule has 1 aromatic carbocycles. The van der Waals surface area contributed by atoms with Gasteiger partial charge in [-0.15, -0.1) is 0 Å². The van der Waals surface area contributed by atoms with Crippen molar-refractivity contribution < 1.29 is 9.53 Å². The summed E-state index contributed by atoms with van der Waals surface area (Å²) in [5.41, 5.74) is 1.21. The monoisotopic (exact) mass is 288 g/mol. The third kappa shape index (κ3) is 3.11. The maximum Gasteiger partial charge on any atom is 0.241 e. The molecule has 3 atom stereocenters. The lowest BCUT2D eigenvalue weighted by Gasteiger charge is -2.34. The molecule has 0 radical (unpaired) electrons. The Hall–Kier alpha value is -1.39. The van der Waals surface area contributed by atoms with Crippen LogP contribution in [0.15, 0.2) is 30.3 Å². The van der Waals surface area contributed by atoms with Crippen LogP contribution in [0.2, 0.25) is 0 Å². The molecule has 21 heavy (non-hydrogen) atoms. The highest BCUT2D eigenvalue weighted by Gasteiger charge is 2.41. The largest absolute Gasteiger partial charge is 0.379 e. The highest BCUT2D eigenvalue weighted by molar-refractivity contribution is 5.85. The minimum atomic E-state index is -0.0979. The molecule has 1 aromatic rings. The van der Waals surface area contributed by atoms with Crippen LogP contribution in [0.4, 0.5) is 0 Å².